The molecule has 3 heteroatoms. The number of benzene rings is 1. The van der Waals surface area contributed by atoms with Gasteiger partial charge in [-0.15, -0.1) is 0 Å². The van der Waals surface area contributed by atoms with Gasteiger partial charge in [-0.3, -0.25) is 4.90 Å². The van der Waals surface area contributed by atoms with E-state index >= 15 is 0 Å². The first kappa shape index (κ1) is 15.2. The van der Waals surface area contributed by atoms with Crippen molar-refractivity contribution in [1.29, 1.82) is 0 Å². The normalized spacial score (nSPS) is 11.4. The number of ether oxygens (including phenoxy) is 1. The van der Waals surface area contributed by atoms with Gasteiger partial charge < -0.3 is 9.84 Å². The lowest BCUT2D eigenvalue weighted by Gasteiger charge is -2.17. The van der Waals surface area contributed by atoms with Crippen molar-refractivity contribution in [2.24, 2.45) is 0 Å². The third kappa shape index (κ3) is 5.63. The summed E-state index contributed by atoms with van der Waals surface area (Å²) in [6.45, 7) is 7.42. The lowest BCUT2D eigenvalue weighted by atomic mass is 10.0. The molecule has 0 amide bonds. The fourth-order valence-electron chi connectivity index (χ4n) is 1.79. The largest absolute Gasteiger partial charge is 0.394 e. The van der Waals surface area contributed by atoms with Crippen LogP contribution in [0.3, 0.4) is 0 Å². The SMILES string of the molecule is CC(C)c1ccc(CN(C)CCOCCO)cc1. The molecule has 0 fully saturated rings. The molecule has 0 aromatic heterocycles. The summed E-state index contributed by atoms with van der Waals surface area (Å²) in [5, 5.41) is 8.60. The van der Waals surface area contributed by atoms with Crippen LogP contribution in [0.1, 0.15) is 30.9 Å². The summed E-state index contributed by atoms with van der Waals surface area (Å²) >= 11 is 0. The zero-order chi connectivity index (χ0) is 13.4. The summed E-state index contributed by atoms with van der Waals surface area (Å²) in [5.74, 6) is 0.587. The fraction of sp³-hybridized carbons (Fsp3) is 0.600. The van der Waals surface area contributed by atoms with Gasteiger partial charge in [0.1, 0.15) is 0 Å². The minimum Gasteiger partial charge on any atom is -0.394 e. The Bertz CT molecular complexity index is 322. The van der Waals surface area contributed by atoms with Crippen LogP contribution in [0.4, 0.5) is 0 Å². The van der Waals surface area contributed by atoms with E-state index in [1.54, 1.807) is 0 Å². The first-order chi connectivity index (χ1) is 8.63. The molecule has 0 saturated carbocycles. The number of hydrogen-bond donors (Lipinski definition) is 1. The van der Waals surface area contributed by atoms with Gasteiger partial charge in [-0.05, 0) is 24.1 Å². The monoisotopic (exact) mass is 251 g/mol. The molecule has 1 aromatic carbocycles. The Morgan fingerprint density at radius 3 is 2.39 bits per heavy atom. The van der Waals surface area contributed by atoms with E-state index in [1.165, 1.54) is 11.1 Å². The summed E-state index contributed by atoms with van der Waals surface area (Å²) in [7, 11) is 2.08. The Balaban J connectivity index is 2.32. The molecule has 0 bridgehead atoms. The predicted octanol–water partition coefficient (Wildman–Crippen LogP) is 2.25. The van der Waals surface area contributed by atoms with Crippen LogP contribution in [0.15, 0.2) is 24.3 Å². The number of hydrogen-bond acceptors (Lipinski definition) is 3. The summed E-state index contributed by atoms with van der Waals surface area (Å²) in [4.78, 5) is 2.22. The number of likely N-dealkylation sites (N-methyl/N-ethyl adjacent to an activating group) is 1. The fourth-order valence-corrected chi connectivity index (χ4v) is 1.79. The van der Waals surface area contributed by atoms with E-state index in [2.05, 4.69) is 50.1 Å². The first-order valence-corrected chi connectivity index (χ1v) is 6.59. The van der Waals surface area contributed by atoms with Crippen molar-refractivity contribution in [3.63, 3.8) is 0 Å². The van der Waals surface area contributed by atoms with Crippen molar-refractivity contribution in [2.75, 3.05) is 33.4 Å². The summed E-state index contributed by atoms with van der Waals surface area (Å²) in [6, 6.07) is 8.80. The van der Waals surface area contributed by atoms with Crippen LogP contribution in [0.5, 0.6) is 0 Å². The minimum atomic E-state index is 0.0976. The molecule has 3 nitrogen and oxygen atoms in total. The maximum absolute atomic E-state index is 8.60. The van der Waals surface area contributed by atoms with Crippen molar-refractivity contribution in [3.05, 3.63) is 35.4 Å². The molecule has 0 aliphatic heterocycles. The molecule has 0 atom stereocenters. The van der Waals surface area contributed by atoms with Gasteiger partial charge in [0.25, 0.3) is 0 Å². The summed E-state index contributed by atoms with van der Waals surface area (Å²) in [6.07, 6.45) is 0. The van der Waals surface area contributed by atoms with Crippen molar-refractivity contribution < 1.29 is 9.84 Å². The number of aliphatic hydroxyl groups is 1. The second-order valence-electron chi connectivity index (χ2n) is 4.97. The maximum atomic E-state index is 8.60. The van der Waals surface area contributed by atoms with Gasteiger partial charge >= 0.3 is 0 Å². The number of aliphatic hydroxyl groups excluding tert-OH is 1. The molecule has 102 valence electrons. The highest BCUT2D eigenvalue weighted by molar-refractivity contribution is 5.24. The Kier molecular flexibility index (Phi) is 6.94. The van der Waals surface area contributed by atoms with Crippen LogP contribution in [0, 0.1) is 0 Å². The van der Waals surface area contributed by atoms with E-state index in [1.807, 2.05) is 0 Å². The van der Waals surface area contributed by atoms with Crippen LogP contribution in [-0.2, 0) is 11.3 Å². The number of rotatable bonds is 8. The molecule has 0 saturated heterocycles. The quantitative estimate of drug-likeness (QED) is 0.719. The Morgan fingerprint density at radius 1 is 1.17 bits per heavy atom. The molecular formula is C15H25NO2. The molecule has 0 spiro atoms. The standard InChI is InChI=1S/C15H25NO2/c1-13(2)15-6-4-14(5-7-15)12-16(3)8-10-18-11-9-17/h4-7,13,17H,8-12H2,1-3H3. The molecular weight excluding hydrogens is 226 g/mol. The lowest BCUT2D eigenvalue weighted by molar-refractivity contribution is 0.0773. The van der Waals surface area contributed by atoms with Gasteiger partial charge in [0.15, 0.2) is 0 Å². The minimum absolute atomic E-state index is 0.0976. The molecule has 1 N–H and O–H groups in total. The average molecular weight is 251 g/mol. The van der Waals surface area contributed by atoms with Gasteiger partial charge in [-0.1, -0.05) is 38.1 Å². The van der Waals surface area contributed by atoms with Crippen molar-refractivity contribution in [1.82, 2.24) is 4.90 Å². The van der Waals surface area contributed by atoms with Gasteiger partial charge in [0.05, 0.1) is 19.8 Å². The van der Waals surface area contributed by atoms with Crippen LogP contribution in [0.25, 0.3) is 0 Å². The van der Waals surface area contributed by atoms with Crippen LogP contribution in [-0.4, -0.2) is 43.4 Å². The first-order valence-electron chi connectivity index (χ1n) is 6.59. The molecule has 0 unspecified atom stereocenters. The second kappa shape index (κ2) is 8.25. The molecule has 0 aliphatic rings. The van der Waals surface area contributed by atoms with E-state index in [0.717, 1.165) is 13.1 Å². The topological polar surface area (TPSA) is 32.7 Å². The maximum Gasteiger partial charge on any atom is 0.0698 e. The summed E-state index contributed by atoms with van der Waals surface area (Å²) < 4.78 is 5.25. The van der Waals surface area contributed by atoms with Crippen molar-refractivity contribution in [2.45, 2.75) is 26.3 Å². The Morgan fingerprint density at radius 2 is 1.83 bits per heavy atom. The number of nitrogens with zero attached hydrogens (tertiary/aromatic N) is 1. The van der Waals surface area contributed by atoms with E-state index in [0.29, 0.717) is 19.1 Å². The van der Waals surface area contributed by atoms with Crippen LogP contribution in [0.2, 0.25) is 0 Å². The molecule has 0 radical (unpaired) electrons. The highest BCUT2D eigenvalue weighted by Crippen LogP contribution is 2.15. The van der Waals surface area contributed by atoms with E-state index in [4.69, 9.17) is 9.84 Å². The average Bonchev–Trinajstić information content (AvgIpc) is 2.35. The zero-order valence-corrected chi connectivity index (χ0v) is 11.7. The van der Waals surface area contributed by atoms with Crippen molar-refractivity contribution >= 4 is 0 Å². The third-order valence-electron chi connectivity index (χ3n) is 2.95. The molecule has 1 rings (SSSR count). The van der Waals surface area contributed by atoms with Gasteiger partial charge in [-0.2, -0.15) is 0 Å². The Labute approximate surface area is 110 Å². The van der Waals surface area contributed by atoms with Gasteiger partial charge in [0.2, 0.25) is 0 Å². The summed E-state index contributed by atoms with van der Waals surface area (Å²) in [5.41, 5.74) is 2.71. The Hall–Kier alpha value is -0.900. The highest BCUT2D eigenvalue weighted by Gasteiger charge is 2.02. The third-order valence-corrected chi connectivity index (χ3v) is 2.95. The van der Waals surface area contributed by atoms with Crippen LogP contribution < -0.4 is 0 Å². The van der Waals surface area contributed by atoms with Crippen molar-refractivity contribution in [3.8, 4) is 0 Å². The molecule has 0 aliphatic carbocycles. The zero-order valence-electron chi connectivity index (χ0n) is 11.7. The predicted molar refractivity (Wildman–Crippen MR) is 74.8 cm³/mol. The molecule has 0 heterocycles. The van der Waals surface area contributed by atoms with E-state index in [9.17, 15) is 0 Å². The van der Waals surface area contributed by atoms with E-state index < -0.39 is 0 Å². The molecule has 1 aromatic rings. The smallest absolute Gasteiger partial charge is 0.0698 e. The lowest BCUT2D eigenvalue weighted by Crippen LogP contribution is -2.23. The highest BCUT2D eigenvalue weighted by atomic mass is 16.5. The van der Waals surface area contributed by atoms with E-state index in [-0.39, 0.29) is 6.61 Å². The molecule has 18 heavy (non-hydrogen) atoms. The van der Waals surface area contributed by atoms with Gasteiger partial charge in [-0.25, -0.2) is 0 Å². The second-order valence-corrected chi connectivity index (χ2v) is 4.97. The van der Waals surface area contributed by atoms with Crippen LogP contribution >= 0.6 is 0 Å². The van der Waals surface area contributed by atoms with Gasteiger partial charge in [0, 0.05) is 13.1 Å².